The highest BCUT2D eigenvalue weighted by molar-refractivity contribution is 7.91. The number of hydrogen-bond donors (Lipinski definition) is 8. The van der Waals surface area contributed by atoms with Gasteiger partial charge in [0.05, 0.1) is 35.5 Å². The van der Waals surface area contributed by atoms with Crippen molar-refractivity contribution in [1.29, 1.82) is 10.5 Å². The van der Waals surface area contributed by atoms with E-state index in [-0.39, 0.29) is 144 Å². The van der Waals surface area contributed by atoms with E-state index < -0.39 is 30.6 Å². The van der Waals surface area contributed by atoms with Crippen LogP contribution in [0.3, 0.4) is 0 Å². The number of nitriles is 2. The third-order valence-electron chi connectivity index (χ3n) is 18.7. The molecule has 140 heavy (non-hydrogen) atoms. The number of halogens is 4. The molecule has 17 aromatic rings. The summed E-state index contributed by atoms with van der Waals surface area (Å²) >= 11 is 25.4. The van der Waals surface area contributed by atoms with Crippen LogP contribution in [-0.4, -0.2) is 162 Å². The number of nitrogens with one attached hydrogen (secondary N) is 8. The fourth-order valence-electron chi connectivity index (χ4n) is 12.1. The van der Waals surface area contributed by atoms with E-state index in [1.54, 1.807) is 182 Å². The number of methoxy groups -OCH3 is 5. The van der Waals surface area contributed by atoms with Crippen LogP contribution in [0.1, 0.15) is 28.1 Å². The minimum absolute atomic E-state index is 0.0328. The average molecular weight is 2020 g/mol. The van der Waals surface area contributed by atoms with Crippen molar-refractivity contribution in [3.05, 3.63) is 310 Å². The maximum atomic E-state index is 13.1. The standard InChI is InChI=1S/C25H23N9O5S.C24H20ClN9O4S.C24H19ClN6O4S.C17H10Cl2N4O2/c1-37-19-10-6-7-11-20(19)39-21-24(32-40(35,36)27-15-16-8-4-3-5-9-16)28-22(29-25(21)38-2)17-12-13-26-18(14-17)23-30-33-34-31-23;1-37-18-9-5-6-10-19(18)38-20-21(25)28-22(16-11-12-26-17(13-16)23-30-33-34-31-23)29-24(20)32-39(35,36)27-14-15-7-3-2-4-8-15;1-34-19-9-5-6-10-20(19)35-21-22(25)29-23(17-11-12-27-18(13-17)14-26)30-24(21)31-36(32,33)28-15-16-7-3-2-4-8-16;1-24-12-4-2-3-5-13(12)25-14-15(18)22-17(23-16(14)19)10-6-7-21-11(8-10)9-20/h3-14,27H,15H2,1-2H3,(H,28,29,32)(H,30,31,33,34);2-13,27H,14H2,1H3,(H,28,29,32)(H,30,31,33,34);2-13,28H,15H2,1H3,(H,29,30,31);2-8H,1H3. The molecule has 7 aromatic carbocycles. The fraction of sp³-hybridized carbons (Fsp3) is 0.0889. The number of anilines is 3. The first-order valence-corrected chi connectivity index (χ1v) is 46.5. The van der Waals surface area contributed by atoms with Crippen molar-refractivity contribution in [1.82, 2.24) is 115 Å². The van der Waals surface area contributed by atoms with E-state index >= 15 is 0 Å². The smallest absolute Gasteiger partial charge is 0.300 e. The van der Waals surface area contributed by atoms with Crippen LogP contribution in [0.15, 0.2) is 261 Å². The third kappa shape index (κ3) is 26.6. The number of rotatable bonds is 34. The Bertz CT molecular complexity index is 7640. The second-order valence-corrected chi connectivity index (χ2v) is 33.8. The fourth-order valence-corrected chi connectivity index (χ4v) is 15.5. The van der Waals surface area contributed by atoms with Gasteiger partial charge in [-0.3, -0.25) is 24.1 Å². The lowest BCUT2D eigenvalue weighted by Gasteiger charge is -2.17. The number of para-hydroxylation sites is 8. The molecule has 0 amide bonds. The first-order chi connectivity index (χ1) is 67.9. The van der Waals surface area contributed by atoms with Crippen LogP contribution < -0.4 is 71.0 Å². The second-order valence-electron chi connectivity index (χ2n) is 27.9. The molecule has 708 valence electrons. The summed E-state index contributed by atoms with van der Waals surface area (Å²) < 4.78 is 143. The first-order valence-electron chi connectivity index (χ1n) is 40.5. The molecule has 0 fully saturated rings. The van der Waals surface area contributed by atoms with Crippen molar-refractivity contribution in [3.63, 3.8) is 0 Å². The molecule has 0 aliphatic carbocycles. The highest BCUT2D eigenvalue weighted by Gasteiger charge is 2.29. The van der Waals surface area contributed by atoms with Gasteiger partial charge in [0, 0.05) is 66.7 Å². The molecule has 0 radical (unpaired) electrons. The summed E-state index contributed by atoms with van der Waals surface area (Å²) in [4.78, 5) is 51.0. The van der Waals surface area contributed by atoms with Gasteiger partial charge in [-0.15, -0.1) is 20.4 Å². The number of nitrogens with zero attached hydrogens (tertiary/aromatic N) is 20. The molecule has 50 heteroatoms. The third-order valence-corrected chi connectivity index (χ3v) is 22.6. The lowest BCUT2D eigenvalue weighted by molar-refractivity contribution is 0.348. The molecule has 10 heterocycles. The Morgan fingerprint density at radius 2 is 0.593 bits per heavy atom. The van der Waals surface area contributed by atoms with Gasteiger partial charge in [-0.25, -0.2) is 44.9 Å². The Balaban J connectivity index is 0.000000151. The van der Waals surface area contributed by atoms with Gasteiger partial charge >= 0.3 is 30.6 Å². The summed E-state index contributed by atoms with van der Waals surface area (Å²) in [6.45, 7) is 0.135. The van der Waals surface area contributed by atoms with Crippen LogP contribution in [0.5, 0.6) is 74.9 Å². The molecule has 17 rings (SSSR count). The van der Waals surface area contributed by atoms with E-state index in [0.717, 1.165) is 16.7 Å². The van der Waals surface area contributed by atoms with Crippen molar-refractivity contribution in [2.24, 2.45) is 0 Å². The summed E-state index contributed by atoms with van der Waals surface area (Å²) in [5.74, 6) is 3.21. The number of H-pyrrole nitrogens is 2. The van der Waals surface area contributed by atoms with Crippen LogP contribution in [0.4, 0.5) is 17.5 Å². The largest absolute Gasteiger partial charge is 0.493 e. The topological polar surface area (TPSA) is 569 Å². The zero-order chi connectivity index (χ0) is 98.6. The number of tetrazole rings is 2. The van der Waals surface area contributed by atoms with Gasteiger partial charge in [-0.1, -0.05) is 186 Å². The minimum atomic E-state index is -4.13. The first kappa shape index (κ1) is 99.0. The van der Waals surface area contributed by atoms with Crippen molar-refractivity contribution in [2.75, 3.05) is 49.7 Å². The van der Waals surface area contributed by atoms with E-state index in [2.05, 4.69) is 129 Å². The summed E-state index contributed by atoms with van der Waals surface area (Å²) in [5.41, 5.74) is 5.38. The molecular weight excluding hydrogens is 1950 g/mol. The van der Waals surface area contributed by atoms with Gasteiger partial charge in [0.15, 0.2) is 107 Å². The summed E-state index contributed by atoms with van der Waals surface area (Å²) in [5, 5.41) is 45.4. The second kappa shape index (κ2) is 47.0. The predicted molar refractivity (Wildman–Crippen MR) is 513 cm³/mol. The van der Waals surface area contributed by atoms with Gasteiger partial charge in [0.1, 0.15) is 34.9 Å². The normalized spacial score (nSPS) is 10.9. The number of pyridine rings is 4. The Labute approximate surface area is 817 Å². The Morgan fingerprint density at radius 1 is 0.314 bits per heavy atom. The van der Waals surface area contributed by atoms with E-state index in [4.69, 9.17) is 94.3 Å². The van der Waals surface area contributed by atoms with Gasteiger partial charge < -0.3 is 42.6 Å². The monoisotopic (exact) mass is 2020 g/mol. The quantitative estimate of drug-likeness (QED) is 0.0174. The Morgan fingerprint density at radius 3 is 0.907 bits per heavy atom. The van der Waals surface area contributed by atoms with Crippen LogP contribution in [0.2, 0.25) is 20.6 Å². The van der Waals surface area contributed by atoms with E-state index in [1.807, 2.05) is 60.7 Å². The molecule has 43 nitrogen and oxygen atoms in total. The molecule has 0 aliphatic heterocycles. The van der Waals surface area contributed by atoms with Gasteiger partial charge in [0.25, 0.3) is 5.88 Å². The molecule has 0 saturated heterocycles. The number of hydrogen-bond acceptors (Lipinski definition) is 35. The average Bonchev–Trinajstić information content (AvgIpc) is 0.924. The molecular formula is C90H72Cl4N28O15S3. The molecule has 0 bridgehead atoms. The van der Waals surface area contributed by atoms with Gasteiger partial charge in [-0.2, -0.15) is 65.4 Å². The summed E-state index contributed by atoms with van der Waals surface area (Å²) in [7, 11) is -5.04. The number of aromatic nitrogens is 20. The predicted octanol–water partition coefficient (Wildman–Crippen LogP) is 15.4. The maximum Gasteiger partial charge on any atom is 0.300 e. The molecule has 0 unspecified atom stereocenters. The Hall–Kier alpha value is -16.9. The zero-order valence-corrected chi connectivity index (χ0v) is 78.7. The highest BCUT2D eigenvalue weighted by Crippen LogP contribution is 2.46. The van der Waals surface area contributed by atoms with Crippen LogP contribution >= 0.6 is 46.4 Å². The summed E-state index contributed by atoms with van der Waals surface area (Å²) in [6.07, 6.45) is 5.91. The highest BCUT2D eigenvalue weighted by atomic mass is 35.5. The van der Waals surface area contributed by atoms with Crippen molar-refractivity contribution in [3.8, 4) is 156 Å². The lowest BCUT2D eigenvalue weighted by atomic mass is 10.2. The van der Waals surface area contributed by atoms with Crippen LogP contribution in [0, 0.1) is 22.7 Å². The molecule has 0 atom stereocenters. The van der Waals surface area contributed by atoms with E-state index in [1.165, 1.54) is 66.4 Å². The molecule has 8 N–H and O–H groups in total. The van der Waals surface area contributed by atoms with Gasteiger partial charge in [-0.05, 0) is 124 Å². The molecule has 0 saturated carbocycles. The number of aromatic amines is 2. The van der Waals surface area contributed by atoms with E-state index in [9.17, 15) is 30.5 Å². The van der Waals surface area contributed by atoms with Crippen LogP contribution in [0.25, 0.3) is 68.6 Å². The number of ether oxygens (including phenoxy) is 9. The van der Waals surface area contributed by atoms with Crippen molar-refractivity contribution < 1.29 is 67.9 Å². The van der Waals surface area contributed by atoms with Crippen molar-refractivity contribution in [2.45, 2.75) is 19.6 Å². The van der Waals surface area contributed by atoms with Crippen LogP contribution in [-0.2, 0) is 50.3 Å². The summed E-state index contributed by atoms with van der Waals surface area (Å²) in [6, 6.07) is 71.2. The minimum Gasteiger partial charge on any atom is -0.493 e. The van der Waals surface area contributed by atoms with Gasteiger partial charge in [0.2, 0.25) is 34.6 Å². The van der Waals surface area contributed by atoms with E-state index in [0.29, 0.717) is 68.1 Å². The maximum absolute atomic E-state index is 13.1. The SMILES string of the molecule is COc1ccccc1Oc1c(Cl)nc(-c2ccnc(-c3nn[nH]n3)c2)nc1NS(=O)(=O)NCc1ccccc1.COc1ccccc1Oc1c(Cl)nc(-c2ccnc(C#N)c2)nc1Cl.COc1ccccc1Oc1c(Cl)nc(-c2ccnc(C#N)c2)nc1NS(=O)(=O)NCc1ccccc1.COc1ccccc1Oc1c(NS(=O)(=O)NCc2ccccc2)nc(-c2ccnc(-c3nn[nH]n3)c2)nc1OC. The molecule has 10 aromatic heterocycles. The molecule has 0 spiro atoms. The van der Waals surface area contributed by atoms with Crippen molar-refractivity contribution >= 4 is 94.5 Å². The Kier molecular flexibility index (Phi) is 33.3. The number of benzene rings is 7. The zero-order valence-electron chi connectivity index (χ0n) is 73.3. The lowest BCUT2D eigenvalue weighted by Crippen LogP contribution is -2.30. The molecule has 0 aliphatic rings.